The molecule has 0 bridgehead atoms. The van der Waals surface area contributed by atoms with Crippen molar-refractivity contribution in [3.8, 4) is 0 Å². The van der Waals surface area contributed by atoms with Gasteiger partial charge in [0.15, 0.2) is 5.71 Å². The highest BCUT2D eigenvalue weighted by Crippen LogP contribution is 2.53. The quantitative estimate of drug-likeness (QED) is 0.340. The zero-order chi connectivity index (χ0) is 24.8. The lowest BCUT2D eigenvalue weighted by Gasteiger charge is -2.34. The fourth-order valence-electron chi connectivity index (χ4n) is 7.52. The van der Waals surface area contributed by atoms with E-state index in [9.17, 15) is 0 Å². The smallest absolute Gasteiger partial charge is 0.209 e. The zero-order valence-corrected chi connectivity index (χ0v) is 22.1. The van der Waals surface area contributed by atoms with Crippen LogP contribution in [0.5, 0.6) is 0 Å². The van der Waals surface area contributed by atoms with Crippen LogP contribution in [0.15, 0.2) is 90.6 Å². The Morgan fingerprint density at radius 3 is 2.19 bits per heavy atom. The molecular formula is C34H39N2+. The maximum Gasteiger partial charge on any atom is 0.209 e. The van der Waals surface area contributed by atoms with Crippen LogP contribution in [0.1, 0.15) is 69.6 Å². The predicted molar refractivity (Wildman–Crippen MR) is 152 cm³/mol. The maximum atomic E-state index is 2.64. The molecule has 1 atom stereocenters. The number of anilines is 1. The van der Waals surface area contributed by atoms with Crippen molar-refractivity contribution in [2.75, 3.05) is 18.0 Å². The third-order valence-corrected chi connectivity index (χ3v) is 9.15. The lowest BCUT2D eigenvalue weighted by atomic mass is 9.66. The van der Waals surface area contributed by atoms with Crippen LogP contribution in [0.2, 0.25) is 0 Å². The molecule has 0 N–H and O–H groups in total. The molecule has 2 nitrogen and oxygen atoms in total. The number of likely N-dealkylation sites (N-methyl/N-ethyl adjacent to an activating group) is 1. The molecular weight excluding hydrogens is 436 g/mol. The second-order valence-electron chi connectivity index (χ2n) is 11.1. The second kappa shape index (κ2) is 9.07. The van der Waals surface area contributed by atoms with Gasteiger partial charge in [-0.2, -0.15) is 4.58 Å². The first kappa shape index (κ1) is 23.3. The van der Waals surface area contributed by atoms with Gasteiger partial charge >= 0.3 is 0 Å². The molecule has 3 aromatic carbocycles. The molecule has 0 amide bonds. The van der Waals surface area contributed by atoms with Gasteiger partial charge in [0.2, 0.25) is 5.69 Å². The SMILES string of the molecule is CCN1C(=CC2=[N+](CC)c3ccccc3C23CCCCC3)C(C)(Cc2ccccc2)c2ccccc21. The van der Waals surface area contributed by atoms with E-state index in [1.807, 2.05) is 0 Å². The molecule has 3 aromatic rings. The number of benzene rings is 3. The molecule has 184 valence electrons. The number of rotatable bonds is 5. The summed E-state index contributed by atoms with van der Waals surface area (Å²) in [5, 5.41) is 0. The summed E-state index contributed by atoms with van der Waals surface area (Å²) in [7, 11) is 0. The van der Waals surface area contributed by atoms with E-state index < -0.39 is 0 Å². The molecule has 36 heavy (non-hydrogen) atoms. The van der Waals surface area contributed by atoms with Crippen molar-refractivity contribution in [2.24, 2.45) is 0 Å². The second-order valence-corrected chi connectivity index (χ2v) is 11.1. The minimum atomic E-state index is -0.0784. The van der Waals surface area contributed by atoms with Gasteiger partial charge in [-0.1, -0.05) is 86.0 Å². The summed E-state index contributed by atoms with van der Waals surface area (Å²) in [6.45, 7) is 9.09. The van der Waals surface area contributed by atoms with Crippen LogP contribution in [0.4, 0.5) is 11.4 Å². The van der Waals surface area contributed by atoms with E-state index in [4.69, 9.17) is 0 Å². The Kier molecular flexibility index (Phi) is 5.86. The average molecular weight is 476 g/mol. The van der Waals surface area contributed by atoms with Crippen molar-refractivity contribution in [1.29, 1.82) is 0 Å². The van der Waals surface area contributed by atoms with Crippen LogP contribution in [0, 0.1) is 0 Å². The van der Waals surface area contributed by atoms with E-state index in [0.29, 0.717) is 0 Å². The molecule has 3 aliphatic rings. The molecule has 0 radical (unpaired) electrons. The monoisotopic (exact) mass is 475 g/mol. The van der Waals surface area contributed by atoms with Crippen LogP contribution in [0.25, 0.3) is 0 Å². The van der Waals surface area contributed by atoms with Gasteiger partial charge in [-0.25, -0.2) is 0 Å². The van der Waals surface area contributed by atoms with Crippen molar-refractivity contribution in [2.45, 2.75) is 70.1 Å². The number of fused-ring (bicyclic) bond motifs is 3. The lowest BCUT2D eigenvalue weighted by Crippen LogP contribution is -2.39. The van der Waals surface area contributed by atoms with Gasteiger partial charge in [0.1, 0.15) is 6.54 Å². The molecule has 1 spiro atoms. The van der Waals surface area contributed by atoms with Crippen molar-refractivity contribution in [3.63, 3.8) is 0 Å². The molecule has 1 fully saturated rings. The molecule has 2 aliphatic heterocycles. The highest BCUT2D eigenvalue weighted by molar-refractivity contribution is 6.05. The van der Waals surface area contributed by atoms with E-state index in [-0.39, 0.29) is 10.8 Å². The Hall–Kier alpha value is -3.13. The van der Waals surface area contributed by atoms with Crippen molar-refractivity contribution >= 4 is 17.1 Å². The number of allylic oxidation sites excluding steroid dienone is 2. The fourth-order valence-corrected chi connectivity index (χ4v) is 7.52. The number of hydrogen-bond donors (Lipinski definition) is 0. The Bertz CT molecular complexity index is 1330. The van der Waals surface area contributed by atoms with E-state index in [0.717, 1.165) is 19.5 Å². The Morgan fingerprint density at radius 2 is 1.47 bits per heavy atom. The van der Waals surface area contributed by atoms with Crippen molar-refractivity contribution < 1.29 is 4.58 Å². The van der Waals surface area contributed by atoms with E-state index in [1.54, 1.807) is 5.56 Å². The molecule has 0 saturated heterocycles. The van der Waals surface area contributed by atoms with Crippen LogP contribution in [-0.2, 0) is 17.3 Å². The van der Waals surface area contributed by atoms with Gasteiger partial charge in [-0.15, -0.1) is 0 Å². The Morgan fingerprint density at radius 1 is 0.806 bits per heavy atom. The first-order valence-electron chi connectivity index (χ1n) is 14.0. The summed E-state index contributed by atoms with van der Waals surface area (Å²) in [6, 6.07) is 29.4. The molecule has 1 saturated carbocycles. The van der Waals surface area contributed by atoms with Gasteiger partial charge in [0, 0.05) is 41.1 Å². The van der Waals surface area contributed by atoms with Gasteiger partial charge in [-0.3, -0.25) is 0 Å². The minimum Gasteiger partial charge on any atom is -0.344 e. The zero-order valence-electron chi connectivity index (χ0n) is 22.1. The highest BCUT2D eigenvalue weighted by Gasteiger charge is 2.53. The molecule has 1 aliphatic carbocycles. The summed E-state index contributed by atoms with van der Waals surface area (Å²) < 4.78 is 2.63. The first-order chi connectivity index (χ1) is 17.6. The average Bonchev–Trinajstić information content (AvgIpc) is 3.31. The summed E-state index contributed by atoms with van der Waals surface area (Å²) >= 11 is 0. The lowest BCUT2D eigenvalue weighted by molar-refractivity contribution is -0.433. The normalized spacial score (nSPS) is 23.4. The molecule has 2 heterocycles. The minimum absolute atomic E-state index is 0.0784. The summed E-state index contributed by atoms with van der Waals surface area (Å²) in [4.78, 5) is 2.60. The van der Waals surface area contributed by atoms with Gasteiger partial charge in [0.25, 0.3) is 0 Å². The highest BCUT2D eigenvalue weighted by atomic mass is 15.2. The van der Waals surface area contributed by atoms with E-state index >= 15 is 0 Å². The van der Waals surface area contributed by atoms with E-state index in [2.05, 4.69) is 115 Å². The summed E-state index contributed by atoms with van der Waals surface area (Å²) in [6.07, 6.45) is 10.2. The third-order valence-electron chi connectivity index (χ3n) is 9.15. The predicted octanol–water partition coefficient (Wildman–Crippen LogP) is 7.93. The van der Waals surface area contributed by atoms with Gasteiger partial charge in [0.05, 0.1) is 5.41 Å². The summed E-state index contributed by atoms with van der Waals surface area (Å²) in [5.41, 5.74) is 10.3. The van der Waals surface area contributed by atoms with Crippen molar-refractivity contribution in [1.82, 2.24) is 0 Å². The maximum absolute atomic E-state index is 2.64. The van der Waals surface area contributed by atoms with Crippen LogP contribution < -0.4 is 4.90 Å². The topological polar surface area (TPSA) is 6.25 Å². The van der Waals surface area contributed by atoms with Crippen LogP contribution in [0.3, 0.4) is 0 Å². The van der Waals surface area contributed by atoms with Crippen LogP contribution in [-0.4, -0.2) is 23.4 Å². The van der Waals surface area contributed by atoms with Gasteiger partial charge in [-0.05, 0) is 57.2 Å². The number of hydrogen-bond acceptors (Lipinski definition) is 1. The Balaban J connectivity index is 1.58. The fraction of sp³-hybridized carbons (Fsp3) is 0.382. The largest absolute Gasteiger partial charge is 0.344 e. The molecule has 1 unspecified atom stereocenters. The van der Waals surface area contributed by atoms with Crippen molar-refractivity contribution in [3.05, 3.63) is 107 Å². The number of para-hydroxylation sites is 2. The standard InChI is InChI=1S/C34H39N2/c1-4-35-29-20-12-10-18-27(29)33(3,25-26-16-8-6-9-17-26)31(35)24-32-34(22-14-7-15-23-34)28-19-11-13-21-30(28)36(32)5-2/h6,8-13,16-21,24H,4-5,7,14-15,22-23,25H2,1-3H3/q+1. The molecule has 6 rings (SSSR count). The third kappa shape index (κ3) is 3.41. The number of nitrogens with zero attached hydrogens (tertiary/aromatic N) is 2. The van der Waals surface area contributed by atoms with Gasteiger partial charge < -0.3 is 4.90 Å². The summed E-state index contributed by atoms with van der Waals surface area (Å²) in [5.74, 6) is 0. The van der Waals surface area contributed by atoms with E-state index in [1.165, 1.54) is 66.0 Å². The first-order valence-corrected chi connectivity index (χ1v) is 14.0. The molecule has 0 aromatic heterocycles. The Labute approximate surface area is 217 Å². The molecule has 2 heteroatoms. The van der Waals surface area contributed by atoms with Crippen LogP contribution >= 0.6 is 0 Å².